The molecule has 118 valence electrons. The van der Waals surface area contributed by atoms with E-state index in [1.165, 1.54) is 25.4 Å². The van der Waals surface area contributed by atoms with Gasteiger partial charge in [-0.25, -0.2) is 18.1 Å². The number of sulfonamides is 1. The van der Waals surface area contributed by atoms with Crippen molar-refractivity contribution in [1.29, 1.82) is 0 Å². The maximum atomic E-state index is 12.0. The van der Waals surface area contributed by atoms with Gasteiger partial charge in [-0.05, 0) is 46.4 Å². The molecule has 0 saturated heterocycles. The predicted molar refractivity (Wildman–Crippen MR) is 78.3 cm³/mol. The summed E-state index contributed by atoms with van der Waals surface area (Å²) in [5, 5.41) is 12.3. The lowest BCUT2D eigenvalue weighted by Crippen LogP contribution is -2.38. The first-order valence-corrected chi connectivity index (χ1v) is 7.96. The first kappa shape index (κ1) is 17.5. The van der Waals surface area contributed by atoms with Gasteiger partial charge in [0.15, 0.2) is 5.03 Å². The number of carbonyl (C=O) groups excluding carboxylic acids is 1. The summed E-state index contributed by atoms with van der Waals surface area (Å²) in [6.45, 7) is 5.10. The molecule has 0 aliphatic carbocycles. The van der Waals surface area contributed by atoms with E-state index in [2.05, 4.69) is 15.0 Å². The molecule has 1 rings (SSSR count). The summed E-state index contributed by atoms with van der Waals surface area (Å²) in [5.74, 6) is -0.368. The summed E-state index contributed by atoms with van der Waals surface area (Å²) < 4.78 is 25.2. The molecular weight excluding hydrogens is 294 g/mol. The van der Waals surface area contributed by atoms with Crippen LogP contribution in [0.2, 0.25) is 0 Å². The van der Waals surface area contributed by atoms with Gasteiger partial charge in [0.25, 0.3) is 15.9 Å². The van der Waals surface area contributed by atoms with Gasteiger partial charge in [-0.15, -0.1) is 0 Å². The molecule has 1 aromatic rings. The van der Waals surface area contributed by atoms with Gasteiger partial charge in [0, 0.05) is 12.2 Å². The standard InChI is InChI=1S/C13H21N3O4S/c1-9(7-13(2,3)18)16-12(17)10-5-6-11(15-8-10)21(19,20)14-4/h5-6,8-9,14,18H,7H2,1-4H3,(H,16,17). The van der Waals surface area contributed by atoms with Gasteiger partial charge in [0.2, 0.25) is 0 Å². The van der Waals surface area contributed by atoms with Crippen molar-refractivity contribution in [2.24, 2.45) is 0 Å². The van der Waals surface area contributed by atoms with Crippen LogP contribution in [0.1, 0.15) is 37.6 Å². The maximum absolute atomic E-state index is 12.0. The molecule has 0 spiro atoms. The number of aromatic nitrogens is 1. The topological polar surface area (TPSA) is 108 Å². The highest BCUT2D eigenvalue weighted by molar-refractivity contribution is 7.89. The number of hydrogen-bond acceptors (Lipinski definition) is 5. The van der Waals surface area contributed by atoms with Crippen LogP contribution in [0, 0.1) is 0 Å². The van der Waals surface area contributed by atoms with Crippen LogP contribution in [0.3, 0.4) is 0 Å². The fraction of sp³-hybridized carbons (Fsp3) is 0.538. The number of carbonyl (C=O) groups is 1. The number of nitrogens with one attached hydrogen (secondary N) is 2. The first-order valence-electron chi connectivity index (χ1n) is 6.48. The van der Waals surface area contributed by atoms with Crippen molar-refractivity contribution in [3.8, 4) is 0 Å². The average Bonchev–Trinajstić information content (AvgIpc) is 2.36. The molecule has 0 aromatic carbocycles. The zero-order valence-electron chi connectivity index (χ0n) is 12.5. The molecule has 1 heterocycles. The third kappa shape index (κ3) is 5.41. The van der Waals surface area contributed by atoms with Crippen LogP contribution >= 0.6 is 0 Å². The molecule has 0 fully saturated rings. The number of nitrogens with zero attached hydrogens (tertiary/aromatic N) is 1. The van der Waals surface area contributed by atoms with Crippen molar-refractivity contribution in [2.45, 2.75) is 43.9 Å². The number of aliphatic hydroxyl groups is 1. The van der Waals surface area contributed by atoms with Crippen molar-refractivity contribution < 1.29 is 18.3 Å². The first-order chi connectivity index (χ1) is 9.55. The third-order valence-electron chi connectivity index (χ3n) is 2.73. The van der Waals surface area contributed by atoms with Gasteiger partial charge < -0.3 is 10.4 Å². The second-order valence-corrected chi connectivity index (χ2v) is 7.32. The van der Waals surface area contributed by atoms with Crippen molar-refractivity contribution in [3.63, 3.8) is 0 Å². The average molecular weight is 315 g/mol. The van der Waals surface area contributed by atoms with E-state index in [4.69, 9.17) is 0 Å². The van der Waals surface area contributed by atoms with Crippen LogP contribution < -0.4 is 10.0 Å². The highest BCUT2D eigenvalue weighted by atomic mass is 32.2. The van der Waals surface area contributed by atoms with Crippen LogP contribution in [0.4, 0.5) is 0 Å². The molecule has 0 bridgehead atoms. The van der Waals surface area contributed by atoms with E-state index in [0.29, 0.717) is 6.42 Å². The van der Waals surface area contributed by atoms with Gasteiger partial charge in [-0.2, -0.15) is 0 Å². The molecule has 3 N–H and O–H groups in total. The largest absolute Gasteiger partial charge is 0.390 e. The quantitative estimate of drug-likeness (QED) is 0.698. The van der Waals surface area contributed by atoms with E-state index in [1.54, 1.807) is 20.8 Å². The fourth-order valence-electron chi connectivity index (χ4n) is 1.89. The Labute approximate surface area is 124 Å². The Morgan fingerprint density at radius 1 is 1.43 bits per heavy atom. The second kappa shape index (κ2) is 6.50. The normalized spacial score (nSPS) is 13.8. The third-order valence-corrected chi connectivity index (χ3v) is 4.06. The summed E-state index contributed by atoms with van der Waals surface area (Å²) in [7, 11) is -2.33. The Morgan fingerprint density at radius 3 is 2.48 bits per heavy atom. The van der Waals surface area contributed by atoms with Crippen molar-refractivity contribution in [2.75, 3.05) is 7.05 Å². The second-order valence-electron chi connectivity index (χ2n) is 5.48. The number of hydrogen-bond donors (Lipinski definition) is 3. The minimum absolute atomic E-state index is 0.147. The lowest BCUT2D eigenvalue weighted by molar-refractivity contribution is 0.0593. The summed E-state index contributed by atoms with van der Waals surface area (Å²) >= 11 is 0. The number of pyridine rings is 1. The Bertz CT molecular complexity index is 591. The zero-order valence-corrected chi connectivity index (χ0v) is 13.4. The molecule has 0 aliphatic rings. The summed E-state index contributed by atoms with van der Waals surface area (Å²) in [4.78, 5) is 15.7. The van der Waals surface area contributed by atoms with Crippen molar-refractivity contribution in [1.82, 2.24) is 15.0 Å². The molecule has 1 amide bonds. The maximum Gasteiger partial charge on any atom is 0.257 e. The van der Waals surface area contributed by atoms with Gasteiger partial charge in [-0.1, -0.05) is 0 Å². The Morgan fingerprint density at radius 2 is 2.05 bits per heavy atom. The summed E-state index contributed by atoms with van der Waals surface area (Å²) in [6, 6.07) is 2.43. The molecule has 0 radical (unpaired) electrons. The molecule has 8 heteroatoms. The van der Waals surface area contributed by atoms with Crippen LogP contribution in [-0.4, -0.2) is 43.1 Å². The predicted octanol–water partition coefficient (Wildman–Crippen LogP) is 0.269. The van der Waals surface area contributed by atoms with E-state index in [-0.39, 0.29) is 22.5 Å². The smallest absolute Gasteiger partial charge is 0.257 e. The van der Waals surface area contributed by atoms with Crippen molar-refractivity contribution in [3.05, 3.63) is 23.9 Å². The van der Waals surface area contributed by atoms with Gasteiger partial charge in [0.1, 0.15) is 0 Å². The molecule has 7 nitrogen and oxygen atoms in total. The van der Waals surface area contributed by atoms with E-state index in [1.807, 2.05) is 0 Å². The van der Waals surface area contributed by atoms with Crippen LogP contribution in [0.5, 0.6) is 0 Å². The molecule has 0 aliphatic heterocycles. The SMILES string of the molecule is CNS(=O)(=O)c1ccc(C(=O)NC(C)CC(C)(C)O)cn1. The lowest BCUT2D eigenvalue weighted by atomic mass is 10.0. The van der Waals surface area contributed by atoms with E-state index in [9.17, 15) is 18.3 Å². The molecule has 1 unspecified atom stereocenters. The van der Waals surface area contributed by atoms with E-state index < -0.39 is 15.6 Å². The lowest BCUT2D eigenvalue weighted by Gasteiger charge is -2.22. The van der Waals surface area contributed by atoms with Gasteiger partial charge in [-0.3, -0.25) is 4.79 Å². The minimum Gasteiger partial charge on any atom is -0.390 e. The van der Waals surface area contributed by atoms with E-state index >= 15 is 0 Å². The van der Waals surface area contributed by atoms with E-state index in [0.717, 1.165) is 0 Å². The summed E-state index contributed by atoms with van der Waals surface area (Å²) in [5.41, 5.74) is -0.622. The molecule has 0 saturated carbocycles. The molecular formula is C13H21N3O4S. The van der Waals surface area contributed by atoms with Crippen LogP contribution in [-0.2, 0) is 10.0 Å². The van der Waals surface area contributed by atoms with Crippen LogP contribution in [0.25, 0.3) is 0 Å². The number of rotatable bonds is 6. The van der Waals surface area contributed by atoms with Gasteiger partial charge >= 0.3 is 0 Å². The molecule has 1 aromatic heterocycles. The highest BCUT2D eigenvalue weighted by Gasteiger charge is 2.20. The number of amides is 1. The Kier molecular flexibility index (Phi) is 5.43. The Hall–Kier alpha value is -1.51. The minimum atomic E-state index is -3.61. The fourth-order valence-corrected chi connectivity index (χ4v) is 2.53. The Balaban J connectivity index is 2.77. The monoisotopic (exact) mass is 315 g/mol. The molecule has 21 heavy (non-hydrogen) atoms. The zero-order chi connectivity index (χ0) is 16.3. The van der Waals surface area contributed by atoms with Crippen molar-refractivity contribution >= 4 is 15.9 Å². The molecule has 1 atom stereocenters. The van der Waals surface area contributed by atoms with Gasteiger partial charge in [0.05, 0.1) is 11.2 Å². The highest BCUT2D eigenvalue weighted by Crippen LogP contribution is 2.11. The summed E-state index contributed by atoms with van der Waals surface area (Å²) in [6.07, 6.45) is 1.61. The van der Waals surface area contributed by atoms with Crippen LogP contribution in [0.15, 0.2) is 23.4 Å².